The van der Waals surface area contributed by atoms with Gasteiger partial charge in [-0.05, 0) is 55.8 Å². The molecule has 4 heteroatoms. The van der Waals surface area contributed by atoms with E-state index in [0.29, 0.717) is 5.91 Å². The van der Waals surface area contributed by atoms with Gasteiger partial charge in [-0.3, -0.25) is 4.79 Å². The van der Waals surface area contributed by atoms with Gasteiger partial charge in [0.05, 0.1) is 0 Å². The van der Waals surface area contributed by atoms with E-state index in [1.54, 1.807) is 0 Å². The molecule has 3 rings (SSSR count). The van der Waals surface area contributed by atoms with Crippen molar-refractivity contribution < 1.29 is 4.79 Å². The van der Waals surface area contributed by atoms with Gasteiger partial charge in [0.1, 0.15) is 0 Å². The zero-order chi connectivity index (χ0) is 13.8. The van der Waals surface area contributed by atoms with Crippen LogP contribution in [-0.2, 0) is 17.8 Å². The summed E-state index contributed by atoms with van der Waals surface area (Å²) in [7, 11) is 0. The van der Waals surface area contributed by atoms with E-state index < -0.39 is 0 Å². The highest BCUT2D eigenvalue weighted by atomic mass is 35.5. The predicted octanol–water partition coefficient (Wildman–Crippen LogP) is 2.77. The fourth-order valence-electron chi connectivity index (χ4n) is 3.36. The molecule has 0 unspecified atom stereocenters. The average molecular weight is 309 g/mol. The SMILES string of the molecule is Cl.O=C(CCC1CCNCC1)N1CCc2ccccc2C1. The van der Waals surface area contributed by atoms with Crippen molar-refractivity contribution in [2.24, 2.45) is 5.92 Å². The van der Waals surface area contributed by atoms with E-state index in [0.717, 1.165) is 51.4 Å². The number of hydrogen-bond donors (Lipinski definition) is 1. The Labute approximate surface area is 133 Å². The minimum Gasteiger partial charge on any atom is -0.338 e. The molecule has 2 heterocycles. The molecule has 1 aromatic rings. The average Bonchev–Trinajstić information content (AvgIpc) is 2.53. The largest absolute Gasteiger partial charge is 0.338 e. The summed E-state index contributed by atoms with van der Waals surface area (Å²) in [5.74, 6) is 1.09. The minimum atomic E-state index is 0. The van der Waals surface area contributed by atoms with Crippen LogP contribution in [0.5, 0.6) is 0 Å². The van der Waals surface area contributed by atoms with Crippen molar-refractivity contribution in [2.45, 2.75) is 38.6 Å². The second-order valence-electron chi connectivity index (χ2n) is 6.07. The molecule has 1 saturated heterocycles. The van der Waals surface area contributed by atoms with Gasteiger partial charge in [-0.25, -0.2) is 0 Å². The lowest BCUT2D eigenvalue weighted by atomic mass is 9.92. The lowest BCUT2D eigenvalue weighted by Crippen LogP contribution is -2.36. The van der Waals surface area contributed by atoms with Gasteiger partial charge in [-0.15, -0.1) is 12.4 Å². The molecule has 1 aromatic carbocycles. The lowest BCUT2D eigenvalue weighted by molar-refractivity contribution is -0.132. The monoisotopic (exact) mass is 308 g/mol. The number of carbonyl (C=O) groups is 1. The second kappa shape index (κ2) is 7.81. The van der Waals surface area contributed by atoms with Crippen molar-refractivity contribution in [3.63, 3.8) is 0 Å². The third-order valence-corrected chi connectivity index (χ3v) is 4.71. The number of hydrogen-bond acceptors (Lipinski definition) is 2. The third-order valence-electron chi connectivity index (χ3n) is 4.71. The molecule has 2 aliphatic heterocycles. The number of rotatable bonds is 3. The first-order valence-electron chi connectivity index (χ1n) is 7.88. The number of amides is 1. The van der Waals surface area contributed by atoms with Crippen molar-refractivity contribution in [1.82, 2.24) is 10.2 Å². The number of benzene rings is 1. The molecule has 116 valence electrons. The van der Waals surface area contributed by atoms with Crippen LogP contribution in [0.15, 0.2) is 24.3 Å². The van der Waals surface area contributed by atoms with Gasteiger partial charge in [-0.1, -0.05) is 24.3 Å². The van der Waals surface area contributed by atoms with E-state index in [4.69, 9.17) is 0 Å². The standard InChI is InChI=1S/C17H24N2O.ClH/c20-17(6-5-14-7-10-18-11-8-14)19-12-9-15-3-1-2-4-16(15)13-19;/h1-4,14,18H,5-13H2;1H. The van der Waals surface area contributed by atoms with Crippen molar-refractivity contribution in [3.05, 3.63) is 35.4 Å². The first kappa shape index (κ1) is 16.3. The van der Waals surface area contributed by atoms with Gasteiger partial charge in [0.25, 0.3) is 0 Å². The molecule has 0 radical (unpaired) electrons. The Morgan fingerprint density at radius 3 is 2.67 bits per heavy atom. The zero-order valence-corrected chi connectivity index (χ0v) is 13.3. The third kappa shape index (κ3) is 4.21. The normalized spacial score (nSPS) is 18.8. The summed E-state index contributed by atoms with van der Waals surface area (Å²) in [6, 6.07) is 8.50. The van der Waals surface area contributed by atoms with Crippen LogP contribution >= 0.6 is 12.4 Å². The summed E-state index contributed by atoms with van der Waals surface area (Å²) >= 11 is 0. The van der Waals surface area contributed by atoms with Crippen LogP contribution in [-0.4, -0.2) is 30.4 Å². The van der Waals surface area contributed by atoms with Crippen molar-refractivity contribution in [1.29, 1.82) is 0 Å². The number of piperidine rings is 1. The number of nitrogens with one attached hydrogen (secondary N) is 1. The van der Waals surface area contributed by atoms with Crippen molar-refractivity contribution in [3.8, 4) is 0 Å². The number of halogens is 1. The topological polar surface area (TPSA) is 32.3 Å². The summed E-state index contributed by atoms with van der Waals surface area (Å²) in [5.41, 5.74) is 2.74. The van der Waals surface area contributed by atoms with Gasteiger partial charge >= 0.3 is 0 Å². The smallest absolute Gasteiger partial charge is 0.222 e. The molecule has 0 aliphatic carbocycles. The quantitative estimate of drug-likeness (QED) is 0.931. The maximum absolute atomic E-state index is 12.4. The lowest BCUT2D eigenvalue weighted by Gasteiger charge is -2.30. The van der Waals surface area contributed by atoms with E-state index in [-0.39, 0.29) is 12.4 Å². The highest BCUT2D eigenvalue weighted by Crippen LogP contribution is 2.22. The molecule has 1 fully saturated rings. The molecule has 0 saturated carbocycles. The van der Waals surface area contributed by atoms with Crippen molar-refractivity contribution >= 4 is 18.3 Å². The van der Waals surface area contributed by atoms with Crippen LogP contribution in [0, 0.1) is 5.92 Å². The minimum absolute atomic E-state index is 0. The summed E-state index contributed by atoms with van der Waals surface area (Å²) in [4.78, 5) is 14.4. The Hall–Kier alpha value is -1.06. The zero-order valence-electron chi connectivity index (χ0n) is 12.5. The molecule has 0 bridgehead atoms. The van der Waals surface area contributed by atoms with Gasteiger partial charge in [-0.2, -0.15) is 0 Å². The van der Waals surface area contributed by atoms with E-state index in [2.05, 4.69) is 29.6 Å². The highest BCUT2D eigenvalue weighted by Gasteiger charge is 2.21. The molecule has 21 heavy (non-hydrogen) atoms. The van der Waals surface area contributed by atoms with Gasteiger partial charge in [0.15, 0.2) is 0 Å². The Morgan fingerprint density at radius 1 is 1.19 bits per heavy atom. The molecule has 0 spiro atoms. The van der Waals surface area contributed by atoms with E-state index in [1.807, 2.05) is 4.90 Å². The number of nitrogens with zero attached hydrogens (tertiary/aromatic N) is 1. The maximum atomic E-state index is 12.4. The molecule has 0 aromatic heterocycles. The van der Waals surface area contributed by atoms with Crippen LogP contribution in [0.4, 0.5) is 0 Å². The van der Waals surface area contributed by atoms with E-state index in [9.17, 15) is 4.79 Å². The van der Waals surface area contributed by atoms with Crippen LogP contribution in [0.3, 0.4) is 0 Å². The molecule has 2 aliphatic rings. The first-order chi connectivity index (χ1) is 9.83. The Morgan fingerprint density at radius 2 is 1.90 bits per heavy atom. The van der Waals surface area contributed by atoms with Crippen LogP contribution in [0.2, 0.25) is 0 Å². The van der Waals surface area contributed by atoms with Gasteiger partial charge in [0.2, 0.25) is 5.91 Å². The van der Waals surface area contributed by atoms with Crippen molar-refractivity contribution in [2.75, 3.05) is 19.6 Å². The maximum Gasteiger partial charge on any atom is 0.222 e. The molecule has 1 N–H and O–H groups in total. The van der Waals surface area contributed by atoms with Crippen LogP contribution in [0.1, 0.15) is 36.8 Å². The Kier molecular flexibility index (Phi) is 6.07. The fourth-order valence-corrected chi connectivity index (χ4v) is 3.36. The van der Waals surface area contributed by atoms with E-state index in [1.165, 1.54) is 24.0 Å². The summed E-state index contributed by atoms with van der Waals surface area (Å²) < 4.78 is 0. The molecule has 0 atom stereocenters. The summed E-state index contributed by atoms with van der Waals surface area (Å²) in [5, 5.41) is 3.38. The molecule has 1 amide bonds. The van der Waals surface area contributed by atoms with Gasteiger partial charge in [0, 0.05) is 19.5 Å². The molecular weight excluding hydrogens is 284 g/mol. The molecule has 3 nitrogen and oxygen atoms in total. The summed E-state index contributed by atoms with van der Waals surface area (Å²) in [6.07, 6.45) is 5.27. The Balaban J connectivity index is 0.00000161. The highest BCUT2D eigenvalue weighted by molar-refractivity contribution is 5.85. The van der Waals surface area contributed by atoms with Crippen LogP contribution < -0.4 is 5.32 Å². The predicted molar refractivity (Wildman–Crippen MR) is 87.6 cm³/mol. The summed E-state index contributed by atoms with van der Waals surface area (Å²) in [6.45, 7) is 3.94. The first-order valence-corrected chi connectivity index (χ1v) is 7.88. The number of carbonyl (C=O) groups excluding carboxylic acids is 1. The van der Waals surface area contributed by atoms with E-state index >= 15 is 0 Å². The molecular formula is C17H25ClN2O. The van der Waals surface area contributed by atoms with Crippen LogP contribution in [0.25, 0.3) is 0 Å². The second-order valence-corrected chi connectivity index (χ2v) is 6.07. The Bertz CT molecular complexity index is 472. The number of fused-ring (bicyclic) bond motifs is 1. The van der Waals surface area contributed by atoms with Gasteiger partial charge < -0.3 is 10.2 Å². The fraction of sp³-hybridized carbons (Fsp3) is 0.588.